The molecule has 3 N–H and O–H groups in total. The Kier molecular flexibility index (Phi) is 7.09. The van der Waals surface area contributed by atoms with Crippen LogP contribution in [0.3, 0.4) is 0 Å². The molecule has 0 saturated carbocycles. The molecule has 86 valence electrons. The lowest BCUT2D eigenvalue weighted by molar-refractivity contribution is 0.279. The Morgan fingerprint density at radius 2 is 2.13 bits per heavy atom. The Morgan fingerprint density at radius 1 is 1.47 bits per heavy atom. The summed E-state index contributed by atoms with van der Waals surface area (Å²) < 4.78 is 14.1. The van der Waals surface area contributed by atoms with Gasteiger partial charge in [-0.1, -0.05) is 15.9 Å². The van der Waals surface area contributed by atoms with Gasteiger partial charge in [-0.2, -0.15) is 0 Å². The maximum atomic E-state index is 13.3. The smallest absolute Gasteiger partial charge is 0.128 e. The van der Waals surface area contributed by atoms with E-state index < -0.39 is 0 Å². The van der Waals surface area contributed by atoms with Crippen molar-refractivity contribution in [3.63, 3.8) is 0 Å². The Hall–Kier alpha value is -0.160. The molecule has 0 fully saturated rings. The molecule has 15 heavy (non-hydrogen) atoms. The quantitative estimate of drug-likeness (QED) is 0.898. The van der Waals surface area contributed by atoms with Crippen molar-refractivity contribution in [3.8, 4) is 0 Å². The number of benzene rings is 1. The second-order valence-corrected chi connectivity index (χ2v) is 4.05. The van der Waals surface area contributed by atoms with Crippen LogP contribution in [0.2, 0.25) is 0 Å². The minimum Gasteiger partial charge on any atom is -0.396 e. The van der Waals surface area contributed by atoms with Crippen LogP contribution in [0.4, 0.5) is 4.39 Å². The zero-order valence-electron chi connectivity index (χ0n) is 8.12. The summed E-state index contributed by atoms with van der Waals surface area (Å²) in [7, 11) is 0. The van der Waals surface area contributed by atoms with Crippen LogP contribution in [0.5, 0.6) is 0 Å². The Labute approximate surface area is 103 Å². The van der Waals surface area contributed by atoms with Gasteiger partial charge in [-0.15, -0.1) is 12.4 Å². The van der Waals surface area contributed by atoms with E-state index in [9.17, 15) is 4.39 Å². The molecule has 0 aliphatic rings. The standard InChI is InChI=1S/C10H13BrFNO.ClH/c11-7-3-4-9(12)8(6-7)10(13)2-1-5-14;/h3-4,6,10,14H,1-2,5,13H2;1H/t10-;/m0./s1. The summed E-state index contributed by atoms with van der Waals surface area (Å²) in [5, 5.41) is 8.63. The minimum absolute atomic E-state index is 0. The van der Waals surface area contributed by atoms with Crippen molar-refractivity contribution in [3.05, 3.63) is 34.1 Å². The van der Waals surface area contributed by atoms with E-state index in [1.54, 1.807) is 12.1 Å². The van der Waals surface area contributed by atoms with Gasteiger partial charge in [0.1, 0.15) is 5.82 Å². The zero-order valence-corrected chi connectivity index (χ0v) is 10.5. The van der Waals surface area contributed by atoms with Crippen molar-refractivity contribution in [2.45, 2.75) is 18.9 Å². The molecule has 0 bridgehead atoms. The molecule has 1 aromatic carbocycles. The number of rotatable bonds is 4. The van der Waals surface area contributed by atoms with E-state index in [4.69, 9.17) is 10.8 Å². The maximum Gasteiger partial charge on any atom is 0.128 e. The van der Waals surface area contributed by atoms with Crippen LogP contribution in [0.25, 0.3) is 0 Å². The fourth-order valence-corrected chi connectivity index (χ4v) is 1.64. The van der Waals surface area contributed by atoms with Gasteiger partial charge >= 0.3 is 0 Å². The predicted octanol–water partition coefficient (Wildman–Crippen LogP) is 2.78. The molecule has 1 aromatic rings. The van der Waals surface area contributed by atoms with Crippen LogP contribution in [0.1, 0.15) is 24.4 Å². The molecule has 0 spiro atoms. The summed E-state index contributed by atoms with van der Waals surface area (Å²) in [6, 6.07) is 4.35. The van der Waals surface area contributed by atoms with E-state index in [0.29, 0.717) is 18.4 Å². The van der Waals surface area contributed by atoms with E-state index in [0.717, 1.165) is 4.47 Å². The molecule has 0 saturated heterocycles. The Morgan fingerprint density at radius 3 is 2.73 bits per heavy atom. The van der Waals surface area contributed by atoms with Crippen molar-refractivity contribution < 1.29 is 9.50 Å². The van der Waals surface area contributed by atoms with Gasteiger partial charge in [0.15, 0.2) is 0 Å². The van der Waals surface area contributed by atoms with Gasteiger partial charge in [-0.05, 0) is 31.0 Å². The highest BCUT2D eigenvalue weighted by Gasteiger charge is 2.11. The number of aliphatic hydroxyl groups is 1. The van der Waals surface area contributed by atoms with Crippen molar-refractivity contribution in [1.29, 1.82) is 0 Å². The highest BCUT2D eigenvalue weighted by atomic mass is 79.9. The summed E-state index contributed by atoms with van der Waals surface area (Å²) >= 11 is 3.26. The first-order valence-electron chi connectivity index (χ1n) is 4.46. The molecule has 1 rings (SSSR count). The van der Waals surface area contributed by atoms with Gasteiger partial charge in [0.05, 0.1) is 0 Å². The monoisotopic (exact) mass is 297 g/mol. The lowest BCUT2D eigenvalue weighted by atomic mass is 10.0. The Balaban J connectivity index is 0.00000196. The zero-order chi connectivity index (χ0) is 10.6. The van der Waals surface area contributed by atoms with Crippen LogP contribution in [0.15, 0.2) is 22.7 Å². The van der Waals surface area contributed by atoms with E-state index in [1.165, 1.54) is 6.07 Å². The highest BCUT2D eigenvalue weighted by molar-refractivity contribution is 9.10. The first kappa shape index (κ1) is 14.8. The fraction of sp³-hybridized carbons (Fsp3) is 0.400. The van der Waals surface area contributed by atoms with E-state index in [2.05, 4.69) is 15.9 Å². The van der Waals surface area contributed by atoms with Crippen LogP contribution < -0.4 is 5.73 Å². The molecule has 0 radical (unpaired) electrons. The van der Waals surface area contributed by atoms with E-state index in [-0.39, 0.29) is 30.9 Å². The van der Waals surface area contributed by atoms with Gasteiger partial charge in [0.2, 0.25) is 0 Å². The molecular weight excluding hydrogens is 284 g/mol. The van der Waals surface area contributed by atoms with Crippen molar-refractivity contribution in [2.24, 2.45) is 5.73 Å². The first-order valence-corrected chi connectivity index (χ1v) is 5.26. The second-order valence-electron chi connectivity index (χ2n) is 3.14. The third-order valence-electron chi connectivity index (χ3n) is 2.03. The lowest BCUT2D eigenvalue weighted by Gasteiger charge is -2.12. The van der Waals surface area contributed by atoms with Gasteiger partial charge in [0, 0.05) is 22.7 Å². The topological polar surface area (TPSA) is 46.2 Å². The minimum atomic E-state index is -0.348. The van der Waals surface area contributed by atoms with Gasteiger partial charge in [0.25, 0.3) is 0 Å². The number of nitrogens with two attached hydrogens (primary N) is 1. The van der Waals surface area contributed by atoms with Crippen LogP contribution in [-0.2, 0) is 0 Å². The molecule has 0 aromatic heterocycles. The second kappa shape index (κ2) is 7.17. The van der Waals surface area contributed by atoms with Gasteiger partial charge in [-0.25, -0.2) is 4.39 Å². The van der Waals surface area contributed by atoms with Crippen LogP contribution in [0, 0.1) is 5.82 Å². The summed E-state index contributed by atoms with van der Waals surface area (Å²) in [5.74, 6) is -0.293. The molecule has 1 atom stereocenters. The summed E-state index contributed by atoms with van der Waals surface area (Å²) in [4.78, 5) is 0. The number of hydrogen-bond donors (Lipinski definition) is 2. The molecule has 0 unspecified atom stereocenters. The third-order valence-corrected chi connectivity index (χ3v) is 2.52. The molecular formula is C10H14BrClFNO. The molecule has 0 amide bonds. The SMILES string of the molecule is Cl.N[C@@H](CCCO)c1cc(Br)ccc1F. The molecule has 0 aliphatic carbocycles. The Bertz CT molecular complexity index is 311. The molecule has 5 heteroatoms. The average Bonchev–Trinajstić information content (AvgIpc) is 2.18. The van der Waals surface area contributed by atoms with Gasteiger partial charge < -0.3 is 10.8 Å². The molecule has 0 aliphatic heterocycles. The number of halogens is 3. The predicted molar refractivity (Wildman–Crippen MR) is 64.6 cm³/mol. The fourth-order valence-electron chi connectivity index (χ4n) is 1.27. The van der Waals surface area contributed by atoms with Crippen LogP contribution in [-0.4, -0.2) is 11.7 Å². The van der Waals surface area contributed by atoms with Crippen LogP contribution >= 0.6 is 28.3 Å². The highest BCUT2D eigenvalue weighted by Crippen LogP contribution is 2.22. The average molecular weight is 299 g/mol. The first-order chi connectivity index (χ1) is 6.65. The number of aliphatic hydroxyl groups excluding tert-OH is 1. The van der Waals surface area contributed by atoms with E-state index >= 15 is 0 Å². The van der Waals surface area contributed by atoms with Crippen molar-refractivity contribution in [2.75, 3.05) is 6.61 Å². The van der Waals surface area contributed by atoms with E-state index in [1.807, 2.05) is 0 Å². The number of hydrogen-bond acceptors (Lipinski definition) is 2. The normalized spacial score (nSPS) is 12.0. The van der Waals surface area contributed by atoms with Crippen molar-refractivity contribution >= 4 is 28.3 Å². The third kappa shape index (κ3) is 4.47. The lowest BCUT2D eigenvalue weighted by Crippen LogP contribution is -2.12. The summed E-state index contributed by atoms with van der Waals surface area (Å²) in [6.07, 6.45) is 1.18. The largest absolute Gasteiger partial charge is 0.396 e. The molecule has 0 heterocycles. The molecule has 2 nitrogen and oxygen atoms in total. The van der Waals surface area contributed by atoms with Crippen molar-refractivity contribution in [1.82, 2.24) is 0 Å². The maximum absolute atomic E-state index is 13.3. The summed E-state index contributed by atoms with van der Waals surface area (Å²) in [5.41, 5.74) is 6.27. The van der Waals surface area contributed by atoms with Gasteiger partial charge in [-0.3, -0.25) is 0 Å². The summed E-state index contributed by atoms with van der Waals surface area (Å²) in [6.45, 7) is 0.0866.